The van der Waals surface area contributed by atoms with Crippen molar-refractivity contribution in [2.24, 2.45) is 0 Å². The van der Waals surface area contributed by atoms with Gasteiger partial charge < -0.3 is 10.2 Å². The van der Waals surface area contributed by atoms with Crippen LogP contribution in [0.1, 0.15) is 0 Å². The molecule has 0 unspecified atom stereocenters. The molecule has 2 N–H and O–H groups in total. The Kier molecular flexibility index (Phi) is 8.46. The highest BCUT2D eigenvalue weighted by atomic mass is 32.4. The van der Waals surface area contributed by atoms with Gasteiger partial charge in [0.1, 0.15) is 6.34 Å². The van der Waals surface area contributed by atoms with E-state index in [-0.39, 0.29) is 9.79 Å². The first-order chi connectivity index (χ1) is 17.1. The maximum absolute atomic E-state index is 12.3. The summed E-state index contributed by atoms with van der Waals surface area (Å²) in [5.41, 5.74) is 1.14. The first-order valence-electron chi connectivity index (χ1n) is 10.1. The lowest BCUT2D eigenvalue weighted by Crippen LogP contribution is -2.18. The van der Waals surface area contributed by atoms with Gasteiger partial charge in [0.25, 0.3) is 0 Å². The number of hydrogen-bond acceptors (Lipinski definition) is 7. The molecular weight excluding hydrogens is 535 g/mol. The van der Waals surface area contributed by atoms with Gasteiger partial charge in [0.2, 0.25) is 19.7 Å². The molecule has 0 saturated carbocycles. The summed E-state index contributed by atoms with van der Waals surface area (Å²) in [5, 5.41) is 26.3. The third kappa shape index (κ3) is 6.69. The Hall–Kier alpha value is -3.73. The third-order valence-electron chi connectivity index (χ3n) is 4.70. The maximum Gasteiger partial charge on any atom is 0.200 e. The number of anilines is 2. The molecule has 0 heterocycles. The zero-order chi connectivity index (χ0) is 26.2. The monoisotopic (exact) mass is 554 g/mol. The van der Waals surface area contributed by atoms with Crippen molar-refractivity contribution in [1.82, 2.24) is 0 Å². The summed E-state index contributed by atoms with van der Waals surface area (Å²) in [4.78, 5) is 0.0607. The quantitative estimate of drug-likeness (QED) is 0.290. The minimum absolute atomic E-state index is 0.0303. The molecule has 0 saturated heterocycles. The van der Waals surface area contributed by atoms with Crippen LogP contribution in [0.25, 0.3) is 0 Å². The Morgan fingerprint density at radius 3 is 1.42 bits per heavy atom. The maximum atomic E-state index is 12.3. The molecule has 3 aromatic rings. The van der Waals surface area contributed by atoms with E-state index >= 15 is 0 Å². The number of nitrogens with zero attached hydrogens (tertiary/aromatic N) is 2. The van der Waals surface area contributed by atoms with Gasteiger partial charge >= 0.3 is 0 Å². The van der Waals surface area contributed by atoms with Crippen molar-refractivity contribution in [2.45, 2.75) is 9.79 Å². The van der Waals surface area contributed by atoms with E-state index in [1.54, 1.807) is 36.4 Å². The van der Waals surface area contributed by atoms with Crippen molar-refractivity contribution < 1.29 is 16.8 Å². The molecule has 12 heteroatoms. The van der Waals surface area contributed by atoms with Crippen molar-refractivity contribution in [2.75, 3.05) is 10.2 Å². The van der Waals surface area contributed by atoms with Gasteiger partial charge in [-0.3, -0.25) is 0 Å². The predicted molar refractivity (Wildman–Crippen MR) is 144 cm³/mol. The van der Waals surface area contributed by atoms with Crippen molar-refractivity contribution in [3.05, 3.63) is 102 Å². The summed E-state index contributed by atoms with van der Waals surface area (Å²) >= 11 is 6.02. The van der Waals surface area contributed by atoms with E-state index in [0.29, 0.717) is 11.4 Å². The van der Waals surface area contributed by atoms with Crippen LogP contribution in [0.15, 0.2) is 112 Å². The summed E-state index contributed by atoms with van der Waals surface area (Å²) in [5.74, 6) is 0. The average molecular weight is 555 g/mol. The number of allylic oxidation sites excluding steroid dienone is 2. The third-order valence-corrected chi connectivity index (χ3v) is 10.9. The average Bonchev–Trinajstić information content (AvgIpc) is 2.87. The lowest BCUT2D eigenvalue weighted by Gasteiger charge is -2.27. The zero-order valence-corrected chi connectivity index (χ0v) is 21.9. The van der Waals surface area contributed by atoms with Crippen molar-refractivity contribution in [3.63, 3.8) is 0 Å². The molecule has 0 aliphatic heterocycles. The molecule has 0 aliphatic rings. The number of sulfone groups is 2. The highest BCUT2D eigenvalue weighted by Crippen LogP contribution is 2.45. The van der Waals surface area contributed by atoms with E-state index in [0.717, 1.165) is 28.3 Å². The van der Waals surface area contributed by atoms with Crippen molar-refractivity contribution in [1.29, 1.82) is 10.5 Å². The number of hydrogen-bond donors (Lipinski definition) is 2. The fourth-order valence-corrected chi connectivity index (χ4v) is 7.75. The molecule has 0 amide bonds. The van der Waals surface area contributed by atoms with Crippen molar-refractivity contribution in [3.8, 4) is 12.1 Å². The summed E-state index contributed by atoms with van der Waals surface area (Å²) in [6.45, 7) is 0. The largest absolute Gasteiger partial charge is 0.339 e. The molecular formula is C24H19N4O4PS3. The van der Waals surface area contributed by atoms with E-state index in [4.69, 9.17) is 22.3 Å². The van der Waals surface area contributed by atoms with Gasteiger partial charge in [-0.1, -0.05) is 30.3 Å². The van der Waals surface area contributed by atoms with Gasteiger partial charge in [-0.05, 0) is 60.3 Å². The Labute approximate surface area is 215 Å². The fourth-order valence-electron chi connectivity index (χ4n) is 2.99. The van der Waals surface area contributed by atoms with Gasteiger partial charge in [0, 0.05) is 39.6 Å². The summed E-state index contributed by atoms with van der Waals surface area (Å²) < 4.78 is 49.0. The molecule has 0 spiro atoms. The Morgan fingerprint density at radius 2 is 1.06 bits per heavy atom. The summed E-state index contributed by atoms with van der Waals surface area (Å²) in [6, 6.07) is 24.5. The normalized spacial score (nSPS) is 12.2. The van der Waals surface area contributed by atoms with Crippen LogP contribution >= 0.6 is 6.34 Å². The van der Waals surface area contributed by atoms with Crippen molar-refractivity contribution >= 4 is 54.5 Å². The van der Waals surface area contributed by atoms with Gasteiger partial charge in [0.15, 0.2) is 0 Å². The van der Waals surface area contributed by atoms with Crippen LogP contribution in [0.5, 0.6) is 0 Å². The van der Waals surface area contributed by atoms with Crippen LogP contribution in [0.2, 0.25) is 0 Å². The second-order valence-electron chi connectivity index (χ2n) is 7.17. The number of nitrogens with one attached hydrogen (secondary N) is 2. The number of nitriles is 2. The van der Waals surface area contributed by atoms with Crippen LogP contribution in [0, 0.1) is 22.7 Å². The molecule has 3 rings (SSSR count). The van der Waals surface area contributed by atoms with E-state index in [9.17, 15) is 16.8 Å². The van der Waals surface area contributed by atoms with Gasteiger partial charge in [-0.15, -0.1) is 0 Å². The number of benzene rings is 3. The van der Waals surface area contributed by atoms with E-state index in [2.05, 4.69) is 10.2 Å². The smallest absolute Gasteiger partial charge is 0.200 e. The van der Waals surface area contributed by atoms with E-state index < -0.39 is 26.0 Å². The molecule has 8 nitrogen and oxygen atoms in total. The topological polar surface area (TPSA) is 140 Å². The Balaban J connectivity index is 1.92. The molecule has 0 radical (unpaired) electrons. The van der Waals surface area contributed by atoms with Crippen LogP contribution in [-0.4, -0.2) is 16.8 Å². The molecule has 0 aromatic heterocycles. The van der Waals surface area contributed by atoms with E-state index in [1.807, 2.05) is 30.3 Å². The minimum atomic E-state index is -3.74. The highest BCUT2D eigenvalue weighted by Gasteiger charge is 2.21. The van der Waals surface area contributed by atoms with Gasteiger partial charge in [-0.2, -0.15) is 10.5 Å². The standard InChI is InChI=1S/C24H19N4O4PS3/c25-16-4-18-35(29,30)23-12-8-20(9-13-23)27-33(34,22-6-2-1-3-7-22)28-21-10-14-24(15-11-21)36(31,32)19-5-17-26/h1-15,18-19H,(H2,27,28,34)/b18-4+,19-5+. The molecule has 0 bridgehead atoms. The number of rotatable bonds is 9. The van der Waals surface area contributed by atoms with Crippen LogP contribution in [0.4, 0.5) is 11.4 Å². The minimum Gasteiger partial charge on any atom is -0.339 e. The first kappa shape index (κ1) is 26.9. The lowest BCUT2D eigenvalue weighted by molar-refractivity contribution is 0.603. The molecule has 182 valence electrons. The van der Waals surface area contributed by atoms with Crippen LogP contribution in [0.3, 0.4) is 0 Å². The molecule has 0 fully saturated rings. The molecule has 36 heavy (non-hydrogen) atoms. The summed E-state index contributed by atoms with van der Waals surface area (Å²) in [6.07, 6.45) is -0.942. The Bertz CT molecular complexity index is 1530. The second kappa shape index (κ2) is 11.3. The lowest BCUT2D eigenvalue weighted by atomic mass is 10.3. The first-order valence-corrected chi connectivity index (χ1v) is 16.0. The van der Waals surface area contributed by atoms with Crippen LogP contribution < -0.4 is 15.5 Å². The predicted octanol–water partition coefficient (Wildman–Crippen LogP) is 4.47. The highest BCUT2D eigenvalue weighted by molar-refractivity contribution is 8.19. The summed E-state index contributed by atoms with van der Waals surface area (Å²) in [7, 11) is -7.48. The molecule has 3 aromatic carbocycles. The fraction of sp³-hybridized carbons (Fsp3) is 0. The molecule has 0 aliphatic carbocycles. The SMILES string of the molecule is N#C/C=C/S(=O)(=O)c1ccc(NP(=S)(Nc2ccc(S(=O)(=O)/C=C/C#N)cc2)c2ccccc2)cc1. The van der Waals surface area contributed by atoms with Gasteiger partial charge in [0.05, 0.1) is 21.9 Å². The Morgan fingerprint density at radius 1 is 0.667 bits per heavy atom. The zero-order valence-electron chi connectivity index (χ0n) is 18.5. The second-order valence-corrected chi connectivity index (χ2v) is 14.7. The molecule has 0 atom stereocenters. The van der Waals surface area contributed by atoms with E-state index in [1.165, 1.54) is 24.3 Å². The van der Waals surface area contributed by atoms with Crippen LogP contribution in [-0.2, 0) is 31.5 Å². The van der Waals surface area contributed by atoms with Gasteiger partial charge in [-0.25, -0.2) is 16.8 Å².